The number of anilines is 1. The number of nitrogens with zero attached hydrogens (tertiary/aromatic N) is 1. The number of pyridine rings is 1. The molecular formula is C11H16ClN3OS. The molecule has 0 radical (unpaired) electrons. The lowest BCUT2D eigenvalue weighted by atomic mass is 10.2. The second-order valence-electron chi connectivity index (χ2n) is 3.76. The highest BCUT2D eigenvalue weighted by Gasteiger charge is 2.14. The molecule has 1 amide bonds. The van der Waals surface area contributed by atoms with E-state index in [0.29, 0.717) is 11.3 Å². The quantitative estimate of drug-likeness (QED) is 0.807. The van der Waals surface area contributed by atoms with Crippen molar-refractivity contribution in [2.24, 2.45) is 0 Å². The first-order valence-corrected chi connectivity index (χ1v) is 7.02. The summed E-state index contributed by atoms with van der Waals surface area (Å²) in [5.74, 6) is 0.771. The second-order valence-corrected chi connectivity index (χ2v) is 5.11. The average Bonchev–Trinajstić information content (AvgIpc) is 2.29. The Kier molecular flexibility index (Phi) is 5.58. The molecule has 0 spiro atoms. The van der Waals surface area contributed by atoms with Crippen molar-refractivity contribution in [3.63, 3.8) is 0 Å². The Morgan fingerprint density at radius 2 is 2.41 bits per heavy atom. The van der Waals surface area contributed by atoms with E-state index in [0.717, 1.165) is 12.2 Å². The van der Waals surface area contributed by atoms with Gasteiger partial charge in [0, 0.05) is 6.04 Å². The van der Waals surface area contributed by atoms with Crippen LogP contribution in [0.2, 0.25) is 5.15 Å². The predicted molar refractivity (Wildman–Crippen MR) is 73.6 cm³/mol. The van der Waals surface area contributed by atoms with Crippen molar-refractivity contribution < 1.29 is 4.79 Å². The molecule has 0 fully saturated rings. The summed E-state index contributed by atoms with van der Waals surface area (Å²) < 4.78 is 0. The van der Waals surface area contributed by atoms with Crippen molar-refractivity contribution >= 4 is 35.0 Å². The summed E-state index contributed by atoms with van der Waals surface area (Å²) in [5, 5.41) is 3.04. The largest absolute Gasteiger partial charge is 0.397 e. The van der Waals surface area contributed by atoms with Crippen LogP contribution in [0.15, 0.2) is 12.3 Å². The van der Waals surface area contributed by atoms with Crippen LogP contribution in [-0.4, -0.2) is 28.9 Å². The Morgan fingerprint density at radius 1 is 1.71 bits per heavy atom. The third kappa shape index (κ3) is 4.44. The zero-order valence-electron chi connectivity index (χ0n) is 9.87. The molecule has 0 saturated heterocycles. The summed E-state index contributed by atoms with van der Waals surface area (Å²) in [6.07, 6.45) is 4.38. The van der Waals surface area contributed by atoms with Gasteiger partial charge in [-0.25, -0.2) is 4.98 Å². The molecule has 0 bridgehead atoms. The number of aromatic nitrogens is 1. The molecule has 0 aliphatic rings. The molecule has 1 unspecified atom stereocenters. The van der Waals surface area contributed by atoms with E-state index in [2.05, 4.69) is 10.3 Å². The fourth-order valence-electron chi connectivity index (χ4n) is 1.29. The molecule has 1 rings (SSSR count). The van der Waals surface area contributed by atoms with Gasteiger partial charge >= 0.3 is 0 Å². The van der Waals surface area contributed by atoms with E-state index < -0.39 is 0 Å². The first-order chi connectivity index (χ1) is 8.04. The van der Waals surface area contributed by atoms with Gasteiger partial charge in [-0.1, -0.05) is 11.6 Å². The number of nitrogens with two attached hydrogens (primary N) is 1. The molecule has 6 heteroatoms. The first kappa shape index (κ1) is 14.1. The Hall–Kier alpha value is -0.940. The maximum atomic E-state index is 11.9. The molecule has 1 aromatic rings. The van der Waals surface area contributed by atoms with E-state index in [1.54, 1.807) is 11.8 Å². The number of nitrogens with one attached hydrogen (secondary N) is 1. The third-order valence-electron chi connectivity index (χ3n) is 2.24. The predicted octanol–water partition coefficient (Wildman–Crippen LogP) is 2.19. The Labute approximate surface area is 110 Å². The average molecular weight is 274 g/mol. The van der Waals surface area contributed by atoms with E-state index >= 15 is 0 Å². The molecule has 0 saturated carbocycles. The van der Waals surface area contributed by atoms with Crippen LogP contribution in [0.4, 0.5) is 5.69 Å². The number of hydrogen-bond donors (Lipinski definition) is 2. The summed E-state index contributed by atoms with van der Waals surface area (Å²) in [5.41, 5.74) is 6.32. The maximum Gasteiger partial charge on any atom is 0.254 e. The van der Waals surface area contributed by atoms with Crippen molar-refractivity contribution in [2.75, 3.05) is 17.7 Å². The molecule has 17 heavy (non-hydrogen) atoms. The van der Waals surface area contributed by atoms with Gasteiger partial charge in [-0.3, -0.25) is 4.79 Å². The number of carbonyl (C=O) groups is 1. The van der Waals surface area contributed by atoms with Gasteiger partial charge in [-0.05, 0) is 31.4 Å². The molecule has 94 valence electrons. The fourth-order valence-corrected chi connectivity index (χ4v) is 2.07. The fraction of sp³-hybridized carbons (Fsp3) is 0.455. The highest BCUT2D eigenvalue weighted by Crippen LogP contribution is 2.15. The van der Waals surface area contributed by atoms with Crippen molar-refractivity contribution in [1.82, 2.24) is 10.3 Å². The monoisotopic (exact) mass is 273 g/mol. The maximum absolute atomic E-state index is 11.9. The molecule has 3 N–H and O–H groups in total. The minimum absolute atomic E-state index is 0.104. The van der Waals surface area contributed by atoms with Crippen molar-refractivity contribution in [3.05, 3.63) is 23.0 Å². The number of nitrogen functional groups attached to an aromatic ring is 1. The lowest BCUT2D eigenvalue weighted by molar-refractivity contribution is 0.0939. The molecule has 0 aromatic carbocycles. The van der Waals surface area contributed by atoms with Gasteiger partial charge in [0.1, 0.15) is 5.15 Å². The molecule has 1 heterocycles. The molecule has 1 atom stereocenters. The number of hydrogen-bond acceptors (Lipinski definition) is 4. The lowest BCUT2D eigenvalue weighted by Crippen LogP contribution is -2.33. The van der Waals surface area contributed by atoms with Crippen LogP contribution in [0.1, 0.15) is 23.7 Å². The minimum Gasteiger partial charge on any atom is -0.397 e. The van der Waals surface area contributed by atoms with Crippen molar-refractivity contribution in [2.45, 2.75) is 19.4 Å². The van der Waals surface area contributed by atoms with Gasteiger partial charge in [0.25, 0.3) is 5.91 Å². The first-order valence-electron chi connectivity index (χ1n) is 5.25. The molecule has 4 nitrogen and oxygen atoms in total. The van der Waals surface area contributed by atoms with Crippen molar-refractivity contribution in [1.29, 1.82) is 0 Å². The van der Waals surface area contributed by atoms with Crippen LogP contribution in [0.3, 0.4) is 0 Å². The van der Waals surface area contributed by atoms with Crippen LogP contribution >= 0.6 is 23.4 Å². The Morgan fingerprint density at radius 3 is 3.06 bits per heavy atom. The number of thioether (sulfide) groups is 1. The van der Waals surface area contributed by atoms with Gasteiger partial charge in [0.05, 0.1) is 17.4 Å². The normalized spacial score (nSPS) is 12.2. The van der Waals surface area contributed by atoms with Gasteiger partial charge in [0.2, 0.25) is 0 Å². The molecule has 0 aliphatic carbocycles. The number of amides is 1. The van der Waals surface area contributed by atoms with E-state index in [4.69, 9.17) is 17.3 Å². The van der Waals surface area contributed by atoms with E-state index in [1.807, 2.05) is 13.2 Å². The zero-order valence-corrected chi connectivity index (χ0v) is 11.4. The Bertz CT molecular complexity index is 400. The summed E-state index contributed by atoms with van der Waals surface area (Å²) >= 11 is 7.60. The van der Waals surface area contributed by atoms with Crippen LogP contribution in [0.25, 0.3) is 0 Å². The highest BCUT2D eigenvalue weighted by atomic mass is 35.5. The molecule has 0 aliphatic heterocycles. The number of rotatable bonds is 5. The van der Waals surface area contributed by atoms with Gasteiger partial charge in [0.15, 0.2) is 0 Å². The van der Waals surface area contributed by atoms with Gasteiger partial charge in [-0.15, -0.1) is 0 Å². The van der Waals surface area contributed by atoms with E-state index in [9.17, 15) is 4.79 Å². The number of carbonyl (C=O) groups excluding carboxylic acids is 1. The van der Waals surface area contributed by atoms with Crippen LogP contribution in [0.5, 0.6) is 0 Å². The second kappa shape index (κ2) is 6.71. The van der Waals surface area contributed by atoms with E-state index in [1.165, 1.54) is 12.3 Å². The minimum atomic E-state index is -0.233. The zero-order chi connectivity index (χ0) is 12.8. The van der Waals surface area contributed by atoms with Crippen LogP contribution in [-0.2, 0) is 0 Å². The molecule has 1 aromatic heterocycles. The SMILES string of the molecule is CSCCC(C)NC(=O)c1cc(N)cnc1Cl. The summed E-state index contributed by atoms with van der Waals surface area (Å²) in [6, 6.07) is 1.64. The Balaban J connectivity index is 2.66. The lowest BCUT2D eigenvalue weighted by Gasteiger charge is -2.13. The van der Waals surface area contributed by atoms with Crippen LogP contribution < -0.4 is 11.1 Å². The summed E-state index contributed by atoms with van der Waals surface area (Å²) in [4.78, 5) is 15.7. The number of halogens is 1. The van der Waals surface area contributed by atoms with Gasteiger partial charge < -0.3 is 11.1 Å². The van der Waals surface area contributed by atoms with Gasteiger partial charge in [-0.2, -0.15) is 11.8 Å². The highest BCUT2D eigenvalue weighted by molar-refractivity contribution is 7.98. The standard InChI is InChI=1S/C11H16ClN3OS/c1-7(3-4-17-2)15-11(16)9-5-8(13)6-14-10(9)12/h5-7H,3-4,13H2,1-2H3,(H,15,16). The topological polar surface area (TPSA) is 68.0 Å². The summed E-state index contributed by atoms with van der Waals surface area (Å²) in [7, 11) is 0. The van der Waals surface area contributed by atoms with Crippen LogP contribution in [0, 0.1) is 0 Å². The summed E-state index contributed by atoms with van der Waals surface area (Å²) in [6.45, 7) is 1.96. The smallest absolute Gasteiger partial charge is 0.254 e. The molecular weight excluding hydrogens is 258 g/mol. The van der Waals surface area contributed by atoms with Crippen molar-refractivity contribution in [3.8, 4) is 0 Å². The third-order valence-corrected chi connectivity index (χ3v) is 3.18. The van der Waals surface area contributed by atoms with E-state index in [-0.39, 0.29) is 17.1 Å².